The van der Waals surface area contributed by atoms with Crippen LogP contribution < -0.4 is 10.6 Å². The molecule has 0 fully saturated rings. The van der Waals surface area contributed by atoms with E-state index in [2.05, 4.69) is 20.6 Å². The number of halogens is 5. The highest BCUT2D eigenvalue weighted by atomic mass is 35.5. The Balaban J connectivity index is 2.25. The average Bonchev–Trinajstić information content (AvgIpc) is 2.55. The first kappa shape index (κ1) is 21.3. The minimum atomic E-state index is -4.64. The number of nitrogens with one attached hydrogen (secondary N) is 2. The number of aromatic nitrogens is 2. The molecular weight excluding hydrogens is 406 g/mol. The topological polar surface area (TPSA) is 73.3 Å². The van der Waals surface area contributed by atoms with Crippen molar-refractivity contribution in [2.75, 3.05) is 37.8 Å². The zero-order valence-corrected chi connectivity index (χ0v) is 16.0. The van der Waals surface area contributed by atoms with Crippen LogP contribution in [0.3, 0.4) is 0 Å². The number of rotatable bonds is 7. The maximum atomic E-state index is 13.1. The molecule has 0 saturated carbocycles. The molecule has 0 aliphatic heterocycles. The molecule has 0 amide bonds. The van der Waals surface area contributed by atoms with E-state index in [0.717, 1.165) is 12.6 Å². The summed E-state index contributed by atoms with van der Waals surface area (Å²) in [6.45, 7) is 1.18. The average molecular weight is 424 g/mol. The summed E-state index contributed by atoms with van der Waals surface area (Å²) < 4.78 is 39.4. The predicted octanol–water partition coefficient (Wildman–Crippen LogP) is 4.62. The number of hydrogen-bond donors (Lipinski definition) is 3. The Morgan fingerprint density at radius 1 is 1.11 bits per heavy atom. The molecular formula is C16H18Cl2F3N5O. The van der Waals surface area contributed by atoms with Crippen LogP contribution in [0, 0.1) is 0 Å². The van der Waals surface area contributed by atoms with Crippen LogP contribution >= 0.6 is 23.2 Å². The van der Waals surface area contributed by atoms with E-state index in [1.807, 2.05) is 19.0 Å². The van der Waals surface area contributed by atoms with E-state index in [4.69, 9.17) is 23.2 Å². The first-order chi connectivity index (χ1) is 12.6. The fraction of sp³-hybridized carbons (Fsp3) is 0.375. The van der Waals surface area contributed by atoms with Crippen LogP contribution in [0.25, 0.3) is 0 Å². The zero-order chi connectivity index (χ0) is 20.2. The maximum absolute atomic E-state index is 13.1. The Kier molecular flexibility index (Phi) is 6.96. The highest BCUT2D eigenvalue weighted by molar-refractivity contribution is 6.37. The van der Waals surface area contributed by atoms with E-state index in [-0.39, 0.29) is 33.2 Å². The van der Waals surface area contributed by atoms with Crippen molar-refractivity contribution < 1.29 is 18.3 Å². The molecule has 148 valence electrons. The largest absolute Gasteiger partial charge is 0.505 e. The van der Waals surface area contributed by atoms with Crippen molar-refractivity contribution in [3.8, 4) is 5.75 Å². The minimum Gasteiger partial charge on any atom is -0.505 e. The van der Waals surface area contributed by atoms with E-state index in [0.29, 0.717) is 13.0 Å². The van der Waals surface area contributed by atoms with Gasteiger partial charge in [-0.1, -0.05) is 23.2 Å². The fourth-order valence-corrected chi connectivity index (χ4v) is 2.60. The van der Waals surface area contributed by atoms with Crippen molar-refractivity contribution in [3.05, 3.63) is 33.9 Å². The number of aromatic hydroxyl groups is 1. The number of alkyl halides is 3. The van der Waals surface area contributed by atoms with Gasteiger partial charge in [-0.3, -0.25) is 0 Å². The lowest BCUT2D eigenvalue weighted by Crippen LogP contribution is -2.18. The van der Waals surface area contributed by atoms with Gasteiger partial charge in [-0.05, 0) is 39.2 Å². The lowest BCUT2D eigenvalue weighted by atomic mass is 10.3. The van der Waals surface area contributed by atoms with E-state index in [1.165, 1.54) is 12.1 Å². The van der Waals surface area contributed by atoms with Crippen LogP contribution in [0.15, 0.2) is 18.2 Å². The lowest BCUT2D eigenvalue weighted by molar-refractivity contribution is -0.141. The molecule has 1 aromatic carbocycles. The van der Waals surface area contributed by atoms with Gasteiger partial charge in [0.25, 0.3) is 0 Å². The van der Waals surface area contributed by atoms with Gasteiger partial charge in [-0.25, -0.2) is 4.98 Å². The van der Waals surface area contributed by atoms with Crippen LogP contribution in [-0.2, 0) is 6.18 Å². The number of anilines is 3. The van der Waals surface area contributed by atoms with Gasteiger partial charge in [0, 0.05) is 18.3 Å². The molecule has 0 aliphatic carbocycles. The standard InChI is InChI=1S/C16H18Cl2F3N5O/c1-26(2)5-3-4-22-15-24-12(16(19,20)21)8-13(25-15)23-9-6-10(17)14(27)11(18)7-9/h6-8,27H,3-5H2,1-2H3,(H2,22,23,24,25). The lowest BCUT2D eigenvalue weighted by Gasteiger charge is -2.14. The Labute approximate surface area is 164 Å². The van der Waals surface area contributed by atoms with E-state index in [1.54, 1.807) is 0 Å². The van der Waals surface area contributed by atoms with Gasteiger partial charge in [-0.15, -0.1) is 0 Å². The molecule has 2 aromatic rings. The Morgan fingerprint density at radius 3 is 2.30 bits per heavy atom. The van der Waals surface area contributed by atoms with Crippen molar-refractivity contribution in [1.82, 2.24) is 14.9 Å². The molecule has 0 saturated heterocycles. The quantitative estimate of drug-likeness (QED) is 0.445. The molecule has 3 N–H and O–H groups in total. The third kappa shape index (κ3) is 6.30. The SMILES string of the molecule is CN(C)CCCNc1nc(Nc2cc(Cl)c(O)c(Cl)c2)cc(C(F)(F)F)n1. The predicted molar refractivity (Wildman–Crippen MR) is 100 cm³/mol. The summed E-state index contributed by atoms with van der Waals surface area (Å²) in [7, 11) is 3.80. The van der Waals surface area contributed by atoms with Crippen molar-refractivity contribution >= 4 is 40.7 Å². The van der Waals surface area contributed by atoms with Gasteiger partial charge in [0.05, 0.1) is 10.0 Å². The third-order valence-electron chi connectivity index (χ3n) is 3.37. The molecule has 0 aliphatic rings. The first-order valence-corrected chi connectivity index (χ1v) is 8.62. The summed E-state index contributed by atoms with van der Waals surface area (Å²) in [5.74, 6) is -0.557. The van der Waals surface area contributed by atoms with Crippen LogP contribution in [0.1, 0.15) is 12.1 Å². The highest BCUT2D eigenvalue weighted by Crippen LogP contribution is 2.36. The van der Waals surface area contributed by atoms with Crippen LogP contribution in [0.5, 0.6) is 5.75 Å². The summed E-state index contributed by atoms with van der Waals surface area (Å²) in [4.78, 5) is 9.52. The molecule has 0 bridgehead atoms. The Morgan fingerprint density at radius 2 is 1.74 bits per heavy atom. The van der Waals surface area contributed by atoms with Crippen molar-refractivity contribution in [3.63, 3.8) is 0 Å². The first-order valence-electron chi connectivity index (χ1n) is 7.86. The van der Waals surface area contributed by atoms with Gasteiger partial charge in [0.1, 0.15) is 5.82 Å². The zero-order valence-electron chi connectivity index (χ0n) is 14.5. The highest BCUT2D eigenvalue weighted by Gasteiger charge is 2.33. The number of phenolic OH excluding ortho intramolecular Hbond substituents is 1. The van der Waals surface area contributed by atoms with Crippen LogP contribution in [-0.4, -0.2) is 47.2 Å². The molecule has 0 spiro atoms. The number of nitrogens with zero attached hydrogens (tertiary/aromatic N) is 3. The molecule has 6 nitrogen and oxygen atoms in total. The van der Waals surface area contributed by atoms with Crippen molar-refractivity contribution in [1.29, 1.82) is 0 Å². The van der Waals surface area contributed by atoms with E-state index >= 15 is 0 Å². The normalized spacial score (nSPS) is 11.7. The van der Waals surface area contributed by atoms with Crippen molar-refractivity contribution in [2.45, 2.75) is 12.6 Å². The summed E-state index contributed by atoms with van der Waals surface area (Å²) in [5.41, 5.74) is -0.820. The van der Waals surface area contributed by atoms with Gasteiger partial charge in [-0.2, -0.15) is 18.2 Å². The molecule has 2 rings (SSSR count). The van der Waals surface area contributed by atoms with Gasteiger partial charge >= 0.3 is 6.18 Å². The Bertz CT molecular complexity index is 779. The maximum Gasteiger partial charge on any atom is 0.433 e. The smallest absolute Gasteiger partial charge is 0.433 e. The van der Waals surface area contributed by atoms with E-state index in [9.17, 15) is 18.3 Å². The van der Waals surface area contributed by atoms with Gasteiger partial charge in [0.2, 0.25) is 5.95 Å². The molecule has 1 aromatic heterocycles. The number of benzene rings is 1. The Hall–Kier alpha value is -1.97. The molecule has 11 heteroatoms. The fourth-order valence-electron chi connectivity index (χ4n) is 2.12. The molecule has 0 unspecified atom stereocenters. The second-order valence-electron chi connectivity index (χ2n) is 5.96. The van der Waals surface area contributed by atoms with E-state index < -0.39 is 11.9 Å². The monoisotopic (exact) mass is 423 g/mol. The van der Waals surface area contributed by atoms with Gasteiger partial charge in [0.15, 0.2) is 11.4 Å². The minimum absolute atomic E-state index is 0.0443. The van der Waals surface area contributed by atoms with Crippen LogP contribution in [0.2, 0.25) is 10.0 Å². The summed E-state index contributed by atoms with van der Waals surface area (Å²) >= 11 is 11.7. The summed E-state index contributed by atoms with van der Waals surface area (Å²) in [6.07, 6.45) is -3.93. The van der Waals surface area contributed by atoms with Crippen LogP contribution in [0.4, 0.5) is 30.6 Å². The molecule has 1 heterocycles. The molecule has 0 atom stereocenters. The molecule has 27 heavy (non-hydrogen) atoms. The summed E-state index contributed by atoms with van der Waals surface area (Å²) in [5, 5.41) is 15.0. The second-order valence-corrected chi connectivity index (χ2v) is 6.77. The van der Waals surface area contributed by atoms with Gasteiger partial charge < -0.3 is 20.6 Å². The molecule has 0 radical (unpaired) electrons. The second kappa shape index (κ2) is 8.81. The van der Waals surface area contributed by atoms with Crippen molar-refractivity contribution in [2.24, 2.45) is 0 Å². The third-order valence-corrected chi connectivity index (χ3v) is 3.95. The summed E-state index contributed by atoms with van der Waals surface area (Å²) in [6, 6.07) is 3.42. The number of phenols is 1. The number of hydrogen-bond acceptors (Lipinski definition) is 6.